The number of amides is 2. The van der Waals surface area contributed by atoms with Crippen molar-refractivity contribution in [2.75, 3.05) is 18.0 Å². The minimum atomic E-state index is -0.435. The van der Waals surface area contributed by atoms with Crippen molar-refractivity contribution in [1.82, 2.24) is 15.8 Å². The number of piperidine rings is 1. The summed E-state index contributed by atoms with van der Waals surface area (Å²) in [5, 5.41) is 12.9. The molecule has 1 aliphatic heterocycles. The number of nitrogens with one attached hydrogen (secondary N) is 2. The van der Waals surface area contributed by atoms with Crippen molar-refractivity contribution in [1.29, 1.82) is 0 Å². The summed E-state index contributed by atoms with van der Waals surface area (Å²) in [6.07, 6.45) is 1.83. The van der Waals surface area contributed by atoms with E-state index in [1.165, 1.54) is 0 Å². The first-order chi connectivity index (χ1) is 19.0. The molecule has 8 nitrogen and oxygen atoms in total. The van der Waals surface area contributed by atoms with Gasteiger partial charge in [-0.25, -0.2) is 5.48 Å². The molecule has 0 atom stereocenters. The fourth-order valence-electron chi connectivity index (χ4n) is 4.98. The molecule has 0 aliphatic carbocycles. The summed E-state index contributed by atoms with van der Waals surface area (Å²) in [5.41, 5.74) is 7.17. The fraction of sp³-hybridized carbons (Fsp3) is 0.258. The summed E-state index contributed by atoms with van der Waals surface area (Å²) in [6, 6.07) is 25.2. The predicted molar refractivity (Wildman–Crippen MR) is 150 cm³/mol. The third-order valence-corrected chi connectivity index (χ3v) is 7.06. The van der Waals surface area contributed by atoms with Gasteiger partial charge in [-0.3, -0.25) is 19.8 Å². The van der Waals surface area contributed by atoms with Crippen LogP contribution >= 0.6 is 0 Å². The number of para-hydroxylation sites is 1. The van der Waals surface area contributed by atoms with Crippen molar-refractivity contribution in [3.8, 4) is 5.75 Å². The highest BCUT2D eigenvalue weighted by molar-refractivity contribution is 5.94. The fourth-order valence-corrected chi connectivity index (χ4v) is 4.98. The van der Waals surface area contributed by atoms with Crippen LogP contribution in [0.2, 0.25) is 0 Å². The Balaban J connectivity index is 1.11. The van der Waals surface area contributed by atoms with Crippen LogP contribution in [0.1, 0.15) is 40.0 Å². The summed E-state index contributed by atoms with van der Waals surface area (Å²) >= 11 is 0. The topological polar surface area (TPSA) is 104 Å². The maximum Gasteiger partial charge on any atom is 0.251 e. The lowest BCUT2D eigenvalue weighted by Gasteiger charge is -2.34. The molecule has 5 rings (SSSR count). The standard InChI is InChI=1S/C31H32N4O4/c1-21-18-24(28-4-2-3-5-29(28)32-21)20-39-27-12-8-23(9-13-27)31(37)33-25-14-16-35(17-15-25)26-10-6-22(7-11-26)19-30(36)34-38/h2-13,18,25,38H,14-17,19-20H2,1H3,(H,33,37)(H,34,36). The maximum atomic E-state index is 12.9. The van der Waals surface area contributed by atoms with Crippen molar-refractivity contribution in [2.45, 2.75) is 38.8 Å². The number of nitrogens with zero attached hydrogens (tertiary/aromatic N) is 2. The lowest BCUT2D eigenvalue weighted by atomic mass is 10.0. The smallest absolute Gasteiger partial charge is 0.251 e. The number of benzene rings is 3. The molecule has 2 amide bonds. The Bertz CT molecular complexity index is 1450. The van der Waals surface area contributed by atoms with Gasteiger partial charge in [0.1, 0.15) is 12.4 Å². The van der Waals surface area contributed by atoms with E-state index in [2.05, 4.69) is 21.3 Å². The number of carbonyl (C=O) groups excluding carboxylic acids is 2. The quantitative estimate of drug-likeness (QED) is 0.231. The molecule has 1 fully saturated rings. The molecule has 1 saturated heterocycles. The Labute approximate surface area is 227 Å². The second kappa shape index (κ2) is 12.0. The molecule has 0 unspecified atom stereocenters. The van der Waals surface area contributed by atoms with Crippen LogP contribution in [0.4, 0.5) is 5.69 Å². The SMILES string of the molecule is Cc1cc(COc2ccc(C(=O)NC3CCN(c4ccc(CC(=O)NO)cc4)CC3)cc2)c2ccccc2n1. The van der Waals surface area contributed by atoms with E-state index in [0.29, 0.717) is 17.9 Å². The summed E-state index contributed by atoms with van der Waals surface area (Å²) in [6.45, 7) is 4.07. The van der Waals surface area contributed by atoms with Gasteiger partial charge >= 0.3 is 0 Å². The number of aryl methyl sites for hydroxylation is 1. The number of hydroxylamine groups is 1. The molecule has 4 aromatic rings. The molecule has 3 aromatic carbocycles. The molecule has 1 aliphatic rings. The van der Waals surface area contributed by atoms with Crippen molar-refractivity contribution < 1.29 is 19.5 Å². The molecule has 0 radical (unpaired) electrons. The van der Waals surface area contributed by atoms with E-state index >= 15 is 0 Å². The van der Waals surface area contributed by atoms with E-state index < -0.39 is 5.91 Å². The average molecular weight is 525 g/mol. The lowest BCUT2D eigenvalue weighted by molar-refractivity contribution is -0.128. The predicted octanol–water partition coefficient (Wildman–Crippen LogP) is 4.57. The van der Waals surface area contributed by atoms with Crippen LogP contribution < -0.4 is 20.4 Å². The van der Waals surface area contributed by atoms with Gasteiger partial charge < -0.3 is 15.0 Å². The van der Waals surface area contributed by atoms with Crippen molar-refractivity contribution in [2.24, 2.45) is 0 Å². The van der Waals surface area contributed by atoms with E-state index in [0.717, 1.165) is 59.3 Å². The van der Waals surface area contributed by atoms with Crippen LogP contribution in [0, 0.1) is 6.92 Å². The van der Waals surface area contributed by atoms with E-state index in [1.54, 1.807) is 17.6 Å². The van der Waals surface area contributed by atoms with E-state index in [4.69, 9.17) is 9.94 Å². The van der Waals surface area contributed by atoms with Crippen LogP contribution in [-0.2, 0) is 17.8 Å². The Morgan fingerprint density at radius 1 is 1.00 bits per heavy atom. The zero-order chi connectivity index (χ0) is 27.2. The number of rotatable bonds is 8. The maximum absolute atomic E-state index is 12.9. The van der Waals surface area contributed by atoms with Crippen LogP contribution in [0.3, 0.4) is 0 Å². The van der Waals surface area contributed by atoms with E-state index in [9.17, 15) is 9.59 Å². The summed E-state index contributed by atoms with van der Waals surface area (Å²) in [7, 11) is 0. The molecule has 2 heterocycles. The number of aromatic nitrogens is 1. The minimum absolute atomic E-state index is 0.0812. The largest absolute Gasteiger partial charge is 0.489 e. The van der Waals surface area contributed by atoms with Gasteiger partial charge in [-0.05, 0) is 73.9 Å². The van der Waals surface area contributed by atoms with E-state index in [1.807, 2.05) is 67.6 Å². The van der Waals surface area contributed by atoms with Crippen LogP contribution in [0.5, 0.6) is 5.75 Å². The molecule has 200 valence electrons. The summed E-state index contributed by atoms with van der Waals surface area (Å²) < 4.78 is 6.03. The van der Waals surface area contributed by atoms with Gasteiger partial charge in [0.25, 0.3) is 5.91 Å². The van der Waals surface area contributed by atoms with Gasteiger partial charge in [0, 0.05) is 47.0 Å². The molecule has 1 aromatic heterocycles. The number of hydrogen-bond acceptors (Lipinski definition) is 6. The Hall–Kier alpha value is -4.43. The van der Waals surface area contributed by atoms with Crippen molar-refractivity contribution in [3.05, 3.63) is 101 Å². The first-order valence-electron chi connectivity index (χ1n) is 13.1. The van der Waals surface area contributed by atoms with Gasteiger partial charge in [0.15, 0.2) is 0 Å². The number of ether oxygens (including phenoxy) is 1. The van der Waals surface area contributed by atoms with Gasteiger partial charge in [-0.2, -0.15) is 0 Å². The van der Waals surface area contributed by atoms with Crippen molar-refractivity contribution in [3.63, 3.8) is 0 Å². The first-order valence-corrected chi connectivity index (χ1v) is 13.1. The number of hydrogen-bond donors (Lipinski definition) is 3. The summed E-state index contributed by atoms with van der Waals surface area (Å²) in [4.78, 5) is 31.1. The number of pyridine rings is 1. The zero-order valence-electron chi connectivity index (χ0n) is 21.9. The lowest BCUT2D eigenvalue weighted by Crippen LogP contribution is -2.44. The molecular weight excluding hydrogens is 492 g/mol. The zero-order valence-corrected chi connectivity index (χ0v) is 21.9. The third-order valence-electron chi connectivity index (χ3n) is 7.06. The van der Waals surface area contributed by atoms with Crippen LogP contribution in [0.25, 0.3) is 10.9 Å². The van der Waals surface area contributed by atoms with E-state index in [-0.39, 0.29) is 18.4 Å². The molecule has 3 N–H and O–H groups in total. The first kappa shape index (κ1) is 26.2. The molecule has 8 heteroatoms. The third kappa shape index (κ3) is 6.53. The van der Waals surface area contributed by atoms with Gasteiger partial charge in [-0.1, -0.05) is 30.3 Å². The highest BCUT2D eigenvalue weighted by Gasteiger charge is 2.21. The molecule has 0 spiro atoms. The average Bonchev–Trinajstić information content (AvgIpc) is 2.97. The highest BCUT2D eigenvalue weighted by Crippen LogP contribution is 2.23. The number of anilines is 1. The van der Waals surface area contributed by atoms with Crippen molar-refractivity contribution >= 4 is 28.4 Å². The highest BCUT2D eigenvalue weighted by atomic mass is 16.5. The normalized spacial score (nSPS) is 13.7. The molecule has 39 heavy (non-hydrogen) atoms. The molecular formula is C31H32N4O4. The number of carbonyl (C=O) groups is 2. The number of fused-ring (bicyclic) bond motifs is 1. The van der Waals surface area contributed by atoms with Gasteiger partial charge in [0.2, 0.25) is 5.91 Å². The van der Waals surface area contributed by atoms with Crippen LogP contribution in [-0.4, -0.2) is 41.1 Å². The Kier molecular flexibility index (Phi) is 8.03. The van der Waals surface area contributed by atoms with Gasteiger partial charge in [-0.15, -0.1) is 0 Å². The summed E-state index contributed by atoms with van der Waals surface area (Å²) in [5.74, 6) is 0.193. The minimum Gasteiger partial charge on any atom is -0.489 e. The monoisotopic (exact) mass is 524 g/mol. The Morgan fingerprint density at radius 3 is 2.44 bits per heavy atom. The second-order valence-corrected chi connectivity index (χ2v) is 9.87. The second-order valence-electron chi connectivity index (χ2n) is 9.87. The Morgan fingerprint density at radius 2 is 1.72 bits per heavy atom. The van der Waals surface area contributed by atoms with Gasteiger partial charge in [0.05, 0.1) is 11.9 Å². The van der Waals surface area contributed by atoms with Crippen LogP contribution in [0.15, 0.2) is 78.9 Å². The molecule has 0 saturated carbocycles. The molecule has 0 bridgehead atoms.